The van der Waals surface area contributed by atoms with Crippen molar-refractivity contribution in [3.05, 3.63) is 29.3 Å². The Morgan fingerprint density at radius 3 is 2.43 bits per heavy atom. The van der Waals surface area contributed by atoms with Gasteiger partial charge < -0.3 is 4.74 Å². The van der Waals surface area contributed by atoms with Gasteiger partial charge in [0, 0.05) is 0 Å². The summed E-state index contributed by atoms with van der Waals surface area (Å²) in [4.78, 5) is 0. The van der Waals surface area contributed by atoms with Gasteiger partial charge in [-0.05, 0) is 26.0 Å². The summed E-state index contributed by atoms with van der Waals surface area (Å²) in [7, 11) is 0. The smallest absolute Gasteiger partial charge is 0.419 e. The van der Waals surface area contributed by atoms with Gasteiger partial charge in [0.15, 0.2) is 0 Å². The van der Waals surface area contributed by atoms with E-state index in [0.29, 0.717) is 5.56 Å². The van der Waals surface area contributed by atoms with Crippen molar-refractivity contribution >= 4 is 0 Å². The van der Waals surface area contributed by atoms with Crippen molar-refractivity contribution in [2.75, 3.05) is 6.61 Å². The molecule has 1 rings (SSSR count). The Bertz CT molecular complexity index is 318. The molecule has 0 saturated heterocycles. The highest BCUT2D eigenvalue weighted by atomic mass is 19.4. The minimum absolute atomic E-state index is 0.106. The third-order valence-corrected chi connectivity index (χ3v) is 1.74. The van der Waals surface area contributed by atoms with Crippen LogP contribution in [0.5, 0.6) is 5.75 Å². The largest absolute Gasteiger partial charge is 0.493 e. The van der Waals surface area contributed by atoms with E-state index < -0.39 is 11.7 Å². The lowest BCUT2D eigenvalue weighted by Crippen LogP contribution is -2.08. The Morgan fingerprint density at radius 1 is 1.29 bits per heavy atom. The molecule has 0 unspecified atom stereocenters. The van der Waals surface area contributed by atoms with Crippen LogP contribution in [0.1, 0.15) is 18.1 Å². The fourth-order valence-corrected chi connectivity index (χ4v) is 1.15. The SMILES string of the molecule is CCOc1ccc(C)cc1C(F)(F)F. The second-order valence-corrected chi connectivity index (χ2v) is 2.93. The van der Waals surface area contributed by atoms with Gasteiger partial charge in [0.1, 0.15) is 5.75 Å². The van der Waals surface area contributed by atoms with Gasteiger partial charge in [0.05, 0.1) is 12.2 Å². The van der Waals surface area contributed by atoms with Crippen LogP contribution in [0.15, 0.2) is 18.2 Å². The number of rotatable bonds is 2. The first-order valence-corrected chi connectivity index (χ1v) is 4.25. The minimum Gasteiger partial charge on any atom is -0.493 e. The van der Waals surface area contributed by atoms with Crippen LogP contribution in [-0.2, 0) is 6.18 Å². The highest BCUT2D eigenvalue weighted by Gasteiger charge is 2.34. The number of benzene rings is 1. The Morgan fingerprint density at radius 2 is 1.93 bits per heavy atom. The Labute approximate surface area is 80.5 Å². The number of ether oxygens (including phenoxy) is 1. The van der Waals surface area contributed by atoms with Gasteiger partial charge in [-0.15, -0.1) is 0 Å². The van der Waals surface area contributed by atoms with E-state index in [9.17, 15) is 13.2 Å². The van der Waals surface area contributed by atoms with E-state index >= 15 is 0 Å². The lowest BCUT2D eigenvalue weighted by Gasteiger charge is -2.13. The molecule has 0 spiro atoms. The molecular formula is C10H11F3O. The Hall–Kier alpha value is -1.19. The molecule has 0 saturated carbocycles. The van der Waals surface area contributed by atoms with E-state index in [4.69, 9.17) is 4.74 Å². The van der Waals surface area contributed by atoms with E-state index in [-0.39, 0.29) is 12.4 Å². The number of hydrogen-bond acceptors (Lipinski definition) is 1. The minimum atomic E-state index is -4.35. The van der Waals surface area contributed by atoms with Gasteiger partial charge in [0.25, 0.3) is 0 Å². The molecule has 4 heteroatoms. The van der Waals surface area contributed by atoms with Crippen LogP contribution >= 0.6 is 0 Å². The van der Waals surface area contributed by atoms with Gasteiger partial charge in [-0.2, -0.15) is 13.2 Å². The summed E-state index contributed by atoms with van der Waals surface area (Å²) in [5.41, 5.74) is -0.139. The molecule has 0 bridgehead atoms. The summed E-state index contributed by atoms with van der Waals surface area (Å²) in [5.74, 6) is -0.106. The van der Waals surface area contributed by atoms with Crippen LogP contribution < -0.4 is 4.74 Å². The zero-order valence-electron chi connectivity index (χ0n) is 7.98. The van der Waals surface area contributed by atoms with Gasteiger partial charge >= 0.3 is 6.18 Å². The van der Waals surface area contributed by atoms with E-state index in [1.807, 2.05) is 0 Å². The van der Waals surface area contributed by atoms with E-state index in [0.717, 1.165) is 6.07 Å². The topological polar surface area (TPSA) is 9.23 Å². The predicted molar refractivity (Wildman–Crippen MR) is 47.4 cm³/mol. The zero-order chi connectivity index (χ0) is 10.8. The summed E-state index contributed by atoms with van der Waals surface area (Å²) in [6.07, 6.45) is -4.35. The average Bonchev–Trinajstić information content (AvgIpc) is 2.07. The lowest BCUT2D eigenvalue weighted by atomic mass is 10.1. The lowest BCUT2D eigenvalue weighted by molar-refractivity contribution is -0.138. The number of aryl methyl sites for hydroxylation is 1. The highest BCUT2D eigenvalue weighted by Crippen LogP contribution is 2.36. The maximum Gasteiger partial charge on any atom is 0.419 e. The van der Waals surface area contributed by atoms with Crippen LogP contribution in [0, 0.1) is 6.92 Å². The fraction of sp³-hybridized carbons (Fsp3) is 0.400. The maximum atomic E-state index is 12.5. The van der Waals surface area contributed by atoms with Crippen molar-refractivity contribution in [3.63, 3.8) is 0 Å². The van der Waals surface area contributed by atoms with Gasteiger partial charge in [0.2, 0.25) is 0 Å². The molecule has 0 aliphatic rings. The van der Waals surface area contributed by atoms with Crippen molar-refractivity contribution in [1.29, 1.82) is 0 Å². The molecule has 1 nitrogen and oxygen atoms in total. The third kappa shape index (κ3) is 2.40. The molecule has 14 heavy (non-hydrogen) atoms. The first-order valence-electron chi connectivity index (χ1n) is 4.25. The normalized spacial score (nSPS) is 11.5. The first kappa shape index (κ1) is 10.9. The molecule has 0 aliphatic carbocycles. The van der Waals surface area contributed by atoms with Crippen LogP contribution in [-0.4, -0.2) is 6.61 Å². The molecule has 1 aromatic carbocycles. The van der Waals surface area contributed by atoms with Gasteiger partial charge in [-0.3, -0.25) is 0 Å². The Kier molecular flexibility index (Phi) is 3.03. The molecule has 0 radical (unpaired) electrons. The van der Waals surface area contributed by atoms with Crippen LogP contribution in [0.25, 0.3) is 0 Å². The number of halogens is 3. The summed E-state index contributed by atoms with van der Waals surface area (Å²) < 4.78 is 42.3. The summed E-state index contributed by atoms with van der Waals surface area (Å²) in [5, 5.41) is 0. The molecule has 0 heterocycles. The third-order valence-electron chi connectivity index (χ3n) is 1.74. The second-order valence-electron chi connectivity index (χ2n) is 2.93. The van der Waals surface area contributed by atoms with Crippen LogP contribution in [0.4, 0.5) is 13.2 Å². The predicted octanol–water partition coefficient (Wildman–Crippen LogP) is 3.41. The number of hydrogen-bond donors (Lipinski definition) is 0. The van der Waals surface area contributed by atoms with Crippen molar-refractivity contribution in [3.8, 4) is 5.75 Å². The van der Waals surface area contributed by atoms with Gasteiger partial charge in [-0.1, -0.05) is 11.6 Å². The van der Waals surface area contributed by atoms with Gasteiger partial charge in [-0.25, -0.2) is 0 Å². The fourth-order valence-electron chi connectivity index (χ4n) is 1.15. The van der Waals surface area contributed by atoms with E-state index in [2.05, 4.69) is 0 Å². The quantitative estimate of drug-likeness (QED) is 0.717. The summed E-state index contributed by atoms with van der Waals surface area (Å²) in [6, 6.07) is 4.03. The van der Waals surface area contributed by atoms with E-state index in [1.165, 1.54) is 6.07 Å². The molecule has 0 N–H and O–H groups in total. The van der Waals surface area contributed by atoms with Crippen LogP contribution in [0.2, 0.25) is 0 Å². The summed E-state index contributed by atoms with van der Waals surface area (Å²) >= 11 is 0. The molecule has 0 aromatic heterocycles. The van der Waals surface area contributed by atoms with Crippen molar-refractivity contribution in [2.24, 2.45) is 0 Å². The molecular weight excluding hydrogens is 193 g/mol. The summed E-state index contributed by atoms with van der Waals surface area (Å²) in [6.45, 7) is 3.50. The zero-order valence-corrected chi connectivity index (χ0v) is 7.98. The monoisotopic (exact) mass is 204 g/mol. The molecule has 0 fully saturated rings. The Balaban J connectivity index is 3.16. The molecule has 78 valence electrons. The van der Waals surface area contributed by atoms with E-state index in [1.54, 1.807) is 19.9 Å². The molecule has 1 aromatic rings. The molecule has 0 aliphatic heterocycles. The van der Waals surface area contributed by atoms with Crippen molar-refractivity contribution in [2.45, 2.75) is 20.0 Å². The highest BCUT2D eigenvalue weighted by molar-refractivity contribution is 5.38. The standard InChI is InChI=1S/C10H11F3O/c1-3-14-9-5-4-7(2)6-8(9)10(11,12)13/h4-6H,3H2,1-2H3. The first-order chi connectivity index (χ1) is 6.45. The molecule has 0 amide bonds. The number of alkyl halides is 3. The average molecular weight is 204 g/mol. The van der Waals surface area contributed by atoms with Crippen molar-refractivity contribution in [1.82, 2.24) is 0 Å². The van der Waals surface area contributed by atoms with Crippen molar-refractivity contribution < 1.29 is 17.9 Å². The molecule has 0 atom stereocenters. The van der Waals surface area contributed by atoms with Crippen LogP contribution in [0.3, 0.4) is 0 Å². The second kappa shape index (κ2) is 3.90. The maximum absolute atomic E-state index is 12.5.